The second-order valence-corrected chi connectivity index (χ2v) is 9.50. The zero-order valence-corrected chi connectivity index (χ0v) is 19.6. The van der Waals surface area contributed by atoms with Crippen LogP contribution in [0.3, 0.4) is 0 Å². The lowest BCUT2D eigenvalue weighted by atomic mass is 9.77. The number of halogens is 3. The van der Waals surface area contributed by atoms with Gasteiger partial charge in [0.15, 0.2) is 6.29 Å². The Kier molecular flexibility index (Phi) is 7.87. The van der Waals surface area contributed by atoms with E-state index in [1.165, 1.54) is 69.1 Å². The predicted octanol–water partition coefficient (Wildman–Crippen LogP) is 9.10. The molecule has 0 bridgehead atoms. The van der Waals surface area contributed by atoms with Crippen molar-refractivity contribution in [3.8, 4) is 22.3 Å². The van der Waals surface area contributed by atoms with E-state index in [1.54, 1.807) is 6.07 Å². The van der Waals surface area contributed by atoms with Crippen LogP contribution >= 0.6 is 0 Å². The minimum Gasteiger partial charge on any atom is -0.298 e. The second kappa shape index (κ2) is 11.0. The molecule has 3 aromatic rings. The molecular weight excluding hydrogens is 433 g/mol. The minimum atomic E-state index is -1.00. The van der Waals surface area contributed by atoms with Gasteiger partial charge in [-0.25, -0.2) is 13.2 Å². The van der Waals surface area contributed by atoms with Crippen LogP contribution in [0.5, 0.6) is 0 Å². The first-order chi connectivity index (χ1) is 16.5. The summed E-state index contributed by atoms with van der Waals surface area (Å²) in [5, 5.41) is 0. The average molecular weight is 465 g/mol. The summed E-state index contributed by atoms with van der Waals surface area (Å²) in [5.41, 5.74) is 2.45. The van der Waals surface area contributed by atoms with Crippen LogP contribution in [-0.2, 0) is 0 Å². The molecule has 0 aliphatic heterocycles. The van der Waals surface area contributed by atoms with Gasteiger partial charge in [0.25, 0.3) is 0 Å². The van der Waals surface area contributed by atoms with Gasteiger partial charge in [0.1, 0.15) is 17.5 Å². The molecule has 1 nitrogen and oxygen atoms in total. The molecule has 4 heteroatoms. The van der Waals surface area contributed by atoms with Gasteiger partial charge in [-0.15, -0.1) is 0 Å². The third-order valence-corrected chi connectivity index (χ3v) is 7.26. The summed E-state index contributed by atoms with van der Waals surface area (Å²) >= 11 is 0. The van der Waals surface area contributed by atoms with E-state index in [0.29, 0.717) is 11.5 Å². The van der Waals surface area contributed by atoms with Crippen molar-refractivity contribution in [2.24, 2.45) is 5.92 Å². The van der Waals surface area contributed by atoms with Gasteiger partial charge in [0.2, 0.25) is 0 Å². The zero-order chi connectivity index (χ0) is 24.1. The summed E-state index contributed by atoms with van der Waals surface area (Å²) in [5.74, 6) is -1.10. The molecule has 1 fully saturated rings. The molecule has 1 saturated carbocycles. The van der Waals surface area contributed by atoms with Crippen molar-refractivity contribution in [2.75, 3.05) is 0 Å². The van der Waals surface area contributed by atoms with Crippen molar-refractivity contribution >= 4 is 6.29 Å². The Labute approximate surface area is 200 Å². The van der Waals surface area contributed by atoms with Gasteiger partial charge in [-0.1, -0.05) is 69.0 Å². The maximum absolute atomic E-state index is 14.9. The lowest BCUT2D eigenvalue weighted by Crippen LogP contribution is -2.13. The highest BCUT2D eigenvalue weighted by molar-refractivity contribution is 5.78. The summed E-state index contributed by atoms with van der Waals surface area (Å²) in [4.78, 5) is 10.8. The highest BCUT2D eigenvalue weighted by atomic mass is 19.1. The van der Waals surface area contributed by atoms with Gasteiger partial charge < -0.3 is 0 Å². The molecule has 0 amide bonds. The van der Waals surface area contributed by atoms with Gasteiger partial charge >= 0.3 is 0 Å². The van der Waals surface area contributed by atoms with Crippen molar-refractivity contribution in [3.63, 3.8) is 0 Å². The number of carbonyl (C=O) groups excluding carboxylic acids is 1. The third-order valence-electron chi connectivity index (χ3n) is 7.26. The maximum Gasteiger partial charge on any atom is 0.155 e. The number of hydrogen-bond acceptors (Lipinski definition) is 1. The molecular formula is C30H31F3O. The standard InChI is InChI=1S/C30H31F3O/c1-2-3-4-5-20-6-8-21(9-7-20)22-10-12-23(13-11-22)24-14-15-26(28(31)16-24)25-17-29(32)27(19-34)30(33)18-25/h10-21H,2-9H2,1H3. The first kappa shape index (κ1) is 24.3. The van der Waals surface area contributed by atoms with E-state index in [-0.39, 0.29) is 17.4 Å². The van der Waals surface area contributed by atoms with Crippen LogP contribution in [0.25, 0.3) is 22.3 Å². The molecule has 0 unspecified atom stereocenters. The van der Waals surface area contributed by atoms with Crippen molar-refractivity contribution in [2.45, 2.75) is 64.2 Å². The first-order valence-corrected chi connectivity index (χ1v) is 12.3. The van der Waals surface area contributed by atoms with Crippen molar-refractivity contribution < 1.29 is 18.0 Å². The molecule has 1 aliphatic carbocycles. The van der Waals surface area contributed by atoms with Crippen LogP contribution in [0.2, 0.25) is 0 Å². The van der Waals surface area contributed by atoms with E-state index < -0.39 is 23.0 Å². The van der Waals surface area contributed by atoms with Crippen LogP contribution in [0, 0.1) is 23.4 Å². The summed E-state index contributed by atoms with van der Waals surface area (Å²) < 4.78 is 42.8. The normalized spacial score (nSPS) is 18.1. The molecule has 3 aromatic carbocycles. The van der Waals surface area contributed by atoms with Crippen molar-refractivity contribution in [1.82, 2.24) is 0 Å². The molecule has 178 valence electrons. The highest BCUT2D eigenvalue weighted by Gasteiger charge is 2.22. The fourth-order valence-corrected chi connectivity index (χ4v) is 5.20. The van der Waals surface area contributed by atoms with E-state index in [4.69, 9.17) is 0 Å². The van der Waals surface area contributed by atoms with E-state index in [2.05, 4.69) is 19.1 Å². The van der Waals surface area contributed by atoms with Crippen LogP contribution in [0.15, 0.2) is 54.6 Å². The number of rotatable bonds is 8. The van der Waals surface area contributed by atoms with Crippen LogP contribution in [0.1, 0.15) is 80.1 Å². The summed E-state index contributed by atoms with van der Waals surface area (Å²) in [7, 11) is 0. The number of carbonyl (C=O) groups is 1. The van der Waals surface area contributed by atoms with E-state index in [0.717, 1.165) is 23.6 Å². The molecule has 34 heavy (non-hydrogen) atoms. The molecule has 0 radical (unpaired) electrons. The lowest BCUT2D eigenvalue weighted by molar-refractivity contribution is 0.111. The van der Waals surface area contributed by atoms with E-state index in [9.17, 15) is 18.0 Å². The zero-order valence-electron chi connectivity index (χ0n) is 19.6. The molecule has 0 spiro atoms. The Hall–Kier alpha value is -2.88. The molecule has 0 aromatic heterocycles. The van der Waals surface area contributed by atoms with Gasteiger partial charge in [-0.2, -0.15) is 0 Å². The number of hydrogen-bond donors (Lipinski definition) is 0. The van der Waals surface area contributed by atoms with Gasteiger partial charge in [-0.3, -0.25) is 4.79 Å². The van der Waals surface area contributed by atoms with Gasteiger partial charge in [-0.05, 0) is 78.0 Å². The Bertz CT molecular complexity index is 1110. The average Bonchev–Trinajstić information content (AvgIpc) is 2.84. The Balaban J connectivity index is 1.45. The van der Waals surface area contributed by atoms with Crippen molar-refractivity contribution in [1.29, 1.82) is 0 Å². The first-order valence-electron chi connectivity index (χ1n) is 12.3. The van der Waals surface area contributed by atoms with Crippen LogP contribution in [-0.4, -0.2) is 6.29 Å². The smallest absolute Gasteiger partial charge is 0.155 e. The third kappa shape index (κ3) is 5.43. The maximum atomic E-state index is 14.9. The molecule has 1 aliphatic rings. The topological polar surface area (TPSA) is 17.1 Å². The van der Waals surface area contributed by atoms with Crippen LogP contribution < -0.4 is 0 Å². The largest absolute Gasteiger partial charge is 0.298 e. The minimum absolute atomic E-state index is 0.0605. The van der Waals surface area contributed by atoms with Gasteiger partial charge in [0.05, 0.1) is 5.56 Å². The Morgan fingerprint density at radius 2 is 1.38 bits per heavy atom. The van der Waals surface area contributed by atoms with Crippen molar-refractivity contribution in [3.05, 3.63) is 83.2 Å². The summed E-state index contributed by atoms with van der Waals surface area (Å²) in [6.07, 6.45) is 10.5. The number of benzene rings is 3. The Morgan fingerprint density at radius 1 is 0.765 bits per heavy atom. The highest BCUT2D eigenvalue weighted by Crippen LogP contribution is 2.38. The van der Waals surface area contributed by atoms with Crippen LogP contribution in [0.4, 0.5) is 13.2 Å². The SMILES string of the molecule is CCCCCC1CCC(c2ccc(-c3ccc(-c4cc(F)c(C=O)c(F)c4)c(F)c3)cc2)CC1. The molecule has 0 atom stereocenters. The fraction of sp³-hybridized carbons (Fsp3) is 0.367. The summed E-state index contributed by atoms with van der Waals surface area (Å²) in [6, 6.07) is 15.0. The quantitative estimate of drug-likeness (QED) is 0.240. The predicted molar refractivity (Wildman–Crippen MR) is 131 cm³/mol. The van der Waals surface area contributed by atoms with E-state index >= 15 is 0 Å². The number of aldehydes is 1. The monoisotopic (exact) mass is 464 g/mol. The summed E-state index contributed by atoms with van der Waals surface area (Å²) in [6.45, 7) is 2.25. The Morgan fingerprint density at radius 3 is 1.97 bits per heavy atom. The molecule has 4 rings (SSSR count). The molecule has 0 saturated heterocycles. The molecule has 0 N–H and O–H groups in total. The van der Waals surface area contributed by atoms with Gasteiger partial charge in [0, 0.05) is 5.56 Å². The molecule has 0 heterocycles. The fourth-order valence-electron chi connectivity index (χ4n) is 5.20. The van der Waals surface area contributed by atoms with E-state index in [1.807, 2.05) is 12.1 Å². The second-order valence-electron chi connectivity index (χ2n) is 9.50. The lowest BCUT2D eigenvalue weighted by Gasteiger charge is -2.29. The number of unbranched alkanes of at least 4 members (excludes halogenated alkanes) is 2.